The Morgan fingerprint density at radius 1 is 1.47 bits per heavy atom. The average Bonchev–Trinajstić information content (AvgIpc) is 2.34. The number of nitro groups is 1. The van der Waals surface area contributed by atoms with Gasteiger partial charge < -0.3 is 10.0 Å². The number of carboxylic acid groups (broad SMARTS) is 1. The second kappa shape index (κ2) is 6.17. The Labute approximate surface area is 111 Å². The maximum absolute atomic E-state index is 11.3. The molecule has 0 unspecified atom stereocenters. The Morgan fingerprint density at radius 2 is 2.11 bits per heavy atom. The molecule has 0 radical (unpaired) electrons. The molecule has 0 aromatic heterocycles. The lowest BCUT2D eigenvalue weighted by Gasteiger charge is -2.29. The topological polar surface area (TPSA) is 83.7 Å². The third kappa shape index (κ3) is 3.21. The van der Waals surface area contributed by atoms with E-state index in [2.05, 4.69) is 0 Å². The fourth-order valence-corrected chi connectivity index (χ4v) is 2.02. The Morgan fingerprint density at radius 3 is 2.53 bits per heavy atom. The molecule has 1 aromatic rings. The summed E-state index contributed by atoms with van der Waals surface area (Å²) in [4.78, 5) is 23.6. The first kappa shape index (κ1) is 14.9. The summed E-state index contributed by atoms with van der Waals surface area (Å²) in [6.07, 6.45) is 0.781. The minimum atomic E-state index is -1.15. The second-order valence-corrected chi connectivity index (χ2v) is 4.52. The lowest BCUT2D eigenvalue weighted by Crippen LogP contribution is -2.33. The van der Waals surface area contributed by atoms with Crippen molar-refractivity contribution in [2.75, 3.05) is 11.4 Å². The molecule has 1 N–H and O–H groups in total. The molecule has 0 spiro atoms. The van der Waals surface area contributed by atoms with Gasteiger partial charge in [0, 0.05) is 18.7 Å². The predicted octanol–water partition coefficient (Wildman–Crippen LogP) is 2.92. The van der Waals surface area contributed by atoms with Gasteiger partial charge in [0.05, 0.1) is 10.5 Å². The number of rotatable bonds is 6. The van der Waals surface area contributed by atoms with Crippen molar-refractivity contribution in [1.29, 1.82) is 0 Å². The summed E-state index contributed by atoms with van der Waals surface area (Å²) in [5.41, 5.74) is -0.00440. The Bertz CT molecular complexity index is 453. The largest absolute Gasteiger partial charge is 0.478 e. The van der Waals surface area contributed by atoms with Crippen LogP contribution >= 0.6 is 0 Å². The van der Waals surface area contributed by atoms with E-state index in [0.717, 1.165) is 6.42 Å². The molecule has 0 aliphatic carbocycles. The first-order chi connectivity index (χ1) is 8.90. The van der Waals surface area contributed by atoms with Crippen LogP contribution in [0.4, 0.5) is 11.4 Å². The van der Waals surface area contributed by atoms with Gasteiger partial charge in [-0.05, 0) is 26.3 Å². The molecule has 0 atom stereocenters. The van der Waals surface area contributed by atoms with Crippen LogP contribution in [0.15, 0.2) is 18.2 Å². The molecule has 0 fully saturated rings. The van der Waals surface area contributed by atoms with Crippen molar-refractivity contribution in [3.63, 3.8) is 0 Å². The molecule has 0 heterocycles. The van der Waals surface area contributed by atoms with Crippen LogP contribution < -0.4 is 4.90 Å². The van der Waals surface area contributed by atoms with E-state index in [1.807, 2.05) is 20.8 Å². The van der Waals surface area contributed by atoms with Crippen molar-refractivity contribution in [3.8, 4) is 0 Å². The smallest absolute Gasteiger partial charge is 0.338 e. The molecule has 6 heteroatoms. The number of benzene rings is 1. The monoisotopic (exact) mass is 266 g/mol. The zero-order chi connectivity index (χ0) is 14.6. The third-order valence-corrected chi connectivity index (χ3v) is 2.82. The number of para-hydroxylation sites is 1. The fraction of sp³-hybridized carbons (Fsp3) is 0.462. The van der Waals surface area contributed by atoms with Gasteiger partial charge in [0.2, 0.25) is 0 Å². The van der Waals surface area contributed by atoms with Gasteiger partial charge in [0.1, 0.15) is 5.69 Å². The van der Waals surface area contributed by atoms with E-state index in [9.17, 15) is 20.0 Å². The molecule has 0 amide bonds. The van der Waals surface area contributed by atoms with Crippen LogP contribution in [0.5, 0.6) is 0 Å². The maximum atomic E-state index is 11.3. The number of anilines is 1. The summed E-state index contributed by atoms with van der Waals surface area (Å²) in [5.74, 6) is -1.15. The minimum absolute atomic E-state index is 0.0147. The standard InChI is InChI=1S/C13H18N2O4/c1-4-8-14(9(2)3)12-10(13(16)17)6-5-7-11(12)15(18)19/h5-7,9H,4,8H2,1-3H3,(H,16,17). The number of hydrogen-bond donors (Lipinski definition) is 1. The van der Waals surface area contributed by atoms with Crippen LogP contribution in [-0.2, 0) is 0 Å². The highest BCUT2D eigenvalue weighted by molar-refractivity contribution is 5.97. The molecule has 1 rings (SSSR count). The highest BCUT2D eigenvalue weighted by Crippen LogP contribution is 2.33. The summed E-state index contributed by atoms with van der Waals surface area (Å²) in [7, 11) is 0. The van der Waals surface area contributed by atoms with Crippen molar-refractivity contribution in [1.82, 2.24) is 0 Å². The van der Waals surface area contributed by atoms with Gasteiger partial charge in [-0.3, -0.25) is 10.1 Å². The first-order valence-corrected chi connectivity index (χ1v) is 6.17. The van der Waals surface area contributed by atoms with Gasteiger partial charge in [-0.2, -0.15) is 0 Å². The average molecular weight is 266 g/mol. The van der Waals surface area contributed by atoms with E-state index in [4.69, 9.17) is 0 Å². The van der Waals surface area contributed by atoms with E-state index < -0.39 is 10.9 Å². The summed E-state index contributed by atoms with van der Waals surface area (Å²) in [5, 5.41) is 20.3. The zero-order valence-corrected chi connectivity index (χ0v) is 11.3. The number of carbonyl (C=O) groups is 1. The highest BCUT2D eigenvalue weighted by Gasteiger charge is 2.27. The van der Waals surface area contributed by atoms with Gasteiger partial charge in [-0.15, -0.1) is 0 Å². The van der Waals surface area contributed by atoms with E-state index in [1.54, 1.807) is 4.90 Å². The van der Waals surface area contributed by atoms with Gasteiger partial charge >= 0.3 is 5.97 Å². The maximum Gasteiger partial charge on any atom is 0.338 e. The first-order valence-electron chi connectivity index (χ1n) is 6.17. The van der Waals surface area contributed by atoms with Crippen LogP contribution in [0.1, 0.15) is 37.6 Å². The van der Waals surface area contributed by atoms with E-state index >= 15 is 0 Å². The van der Waals surface area contributed by atoms with Crippen LogP contribution in [0, 0.1) is 10.1 Å². The van der Waals surface area contributed by atoms with Crippen molar-refractivity contribution < 1.29 is 14.8 Å². The highest BCUT2D eigenvalue weighted by atomic mass is 16.6. The van der Waals surface area contributed by atoms with E-state index in [0.29, 0.717) is 6.54 Å². The van der Waals surface area contributed by atoms with E-state index in [1.165, 1.54) is 18.2 Å². The van der Waals surface area contributed by atoms with Crippen LogP contribution in [0.25, 0.3) is 0 Å². The molecule has 1 aromatic carbocycles. The summed E-state index contributed by atoms with van der Waals surface area (Å²) in [6, 6.07) is 4.12. The number of nitrogens with zero attached hydrogens (tertiary/aromatic N) is 2. The number of aromatic carboxylic acids is 1. The van der Waals surface area contributed by atoms with Crippen molar-refractivity contribution >= 4 is 17.3 Å². The molecule has 19 heavy (non-hydrogen) atoms. The number of carboxylic acids is 1. The minimum Gasteiger partial charge on any atom is -0.478 e. The SMILES string of the molecule is CCCN(c1c(C(=O)O)cccc1[N+](=O)[O-])C(C)C. The summed E-state index contributed by atoms with van der Waals surface area (Å²) in [6.45, 7) is 6.30. The van der Waals surface area contributed by atoms with Gasteiger partial charge in [0.25, 0.3) is 5.69 Å². The lowest BCUT2D eigenvalue weighted by atomic mass is 10.1. The predicted molar refractivity (Wildman–Crippen MR) is 72.8 cm³/mol. The van der Waals surface area contributed by atoms with E-state index in [-0.39, 0.29) is 23.0 Å². The fourth-order valence-electron chi connectivity index (χ4n) is 2.02. The Hall–Kier alpha value is -2.11. The Kier molecular flexibility index (Phi) is 4.86. The summed E-state index contributed by atoms with van der Waals surface area (Å²) < 4.78 is 0. The van der Waals surface area contributed by atoms with Crippen LogP contribution in [0.2, 0.25) is 0 Å². The molecular formula is C13H18N2O4. The summed E-state index contributed by atoms with van der Waals surface area (Å²) >= 11 is 0. The molecule has 0 saturated heterocycles. The molecule has 0 bridgehead atoms. The molecule has 0 aliphatic rings. The number of nitro benzene ring substituents is 1. The molecule has 104 valence electrons. The van der Waals surface area contributed by atoms with Crippen molar-refractivity contribution in [3.05, 3.63) is 33.9 Å². The van der Waals surface area contributed by atoms with Crippen LogP contribution in [0.3, 0.4) is 0 Å². The van der Waals surface area contributed by atoms with Gasteiger partial charge in [-0.25, -0.2) is 4.79 Å². The second-order valence-electron chi connectivity index (χ2n) is 4.52. The van der Waals surface area contributed by atoms with Gasteiger partial charge in [0.15, 0.2) is 0 Å². The molecular weight excluding hydrogens is 248 g/mol. The van der Waals surface area contributed by atoms with Crippen LogP contribution in [-0.4, -0.2) is 28.6 Å². The lowest BCUT2D eigenvalue weighted by molar-refractivity contribution is -0.384. The quantitative estimate of drug-likeness (QED) is 0.632. The molecule has 6 nitrogen and oxygen atoms in total. The van der Waals surface area contributed by atoms with Crippen molar-refractivity contribution in [2.45, 2.75) is 33.2 Å². The third-order valence-electron chi connectivity index (χ3n) is 2.82. The van der Waals surface area contributed by atoms with Gasteiger partial charge in [-0.1, -0.05) is 13.0 Å². The Balaban J connectivity index is 3.50. The molecule has 0 saturated carbocycles. The zero-order valence-electron chi connectivity index (χ0n) is 11.3. The van der Waals surface area contributed by atoms with Crippen molar-refractivity contribution in [2.24, 2.45) is 0 Å². The molecule has 0 aliphatic heterocycles. The normalized spacial score (nSPS) is 10.5. The number of hydrogen-bond acceptors (Lipinski definition) is 4.